The van der Waals surface area contributed by atoms with Gasteiger partial charge in [-0.15, -0.1) is 0 Å². The number of anilines is 1. The lowest BCUT2D eigenvalue weighted by Gasteiger charge is -2.09. The molecule has 2 aromatic carbocycles. The van der Waals surface area contributed by atoms with Crippen LogP contribution in [-0.4, -0.2) is 5.91 Å². The average molecular weight is 394 g/mol. The molecule has 2 rings (SSSR count). The molecule has 0 aliphatic heterocycles. The van der Waals surface area contributed by atoms with E-state index < -0.39 is 11.7 Å². The number of nitrogens with one attached hydrogen (secondary N) is 1. The van der Waals surface area contributed by atoms with Crippen LogP contribution in [0.15, 0.2) is 46.4 Å². The molecule has 0 aliphatic rings. The number of nitriles is 1. The van der Waals surface area contributed by atoms with E-state index in [4.69, 9.17) is 16.9 Å². The van der Waals surface area contributed by atoms with E-state index in [0.29, 0.717) is 20.7 Å². The maximum atomic E-state index is 13.8. The first kappa shape index (κ1) is 17.2. The Morgan fingerprint density at radius 1 is 1.39 bits per heavy atom. The molecule has 0 aliphatic carbocycles. The lowest BCUT2D eigenvalue weighted by Crippen LogP contribution is -2.14. The first-order chi connectivity index (χ1) is 10.9. The molecule has 0 bridgehead atoms. The Morgan fingerprint density at radius 2 is 2.13 bits per heavy atom. The van der Waals surface area contributed by atoms with Crippen molar-refractivity contribution in [2.24, 2.45) is 0 Å². The Balaban J connectivity index is 2.30. The first-order valence-corrected chi connectivity index (χ1v) is 7.73. The highest BCUT2D eigenvalue weighted by Crippen LogP contribution is 2.24. The van der Waals surface area contributed by atoms with Gasteiger partial charge in [0.1, 0.15) is 17.5 Å². The van der Waals surface area contributed by atoms with Crippen LogP contribution in [0.1, 0.15) is 11.1 Å². The zero-order valence-electron chi connectivity index (χ0n) is 12.0. The second kappa shape index (κ2) is 7.40. The number of halogens is 3. The van der Waals surface area contributed by atoms with Crippen molar-refractivity contribution < 1.29 is 9.18 Å². The van der Waals surface area contributed by atoms with Gasteiger partial charge in [0.25, 0.3) is 5.91 Å². The maximum Gasteiger partial charge on any atom is 0.266 e. The Bertz CT molecular complexity index is 843. The van der Waals surface area contributed by atoms with Crippen molar-refractivity contribution in [1.82, 2.24) is 0 Å². The van der Waals surface area contributed by atoms with Crippen LogP contribution in [-0.2, 0) is 4.79 Å². The number of carbonyl (C=O) groups excluding carboxylic acids is 1. The van der Waals surface area contributed by atoms with Crippen molar-refractivity contribution >= 4 is 45.2 Å². The number of nitrogens with zero attached hydrogens (tertiary/aromatic N) is 1. The normalized spacial score (nSPS) is 11.0. The van der Waals surface area contributed by atoms with Gasteiger partial charge in [-0.2, -0.15) is 5.26 Å². The van der Waals surface area contributed by atoms with Crippen LogP contribution < -0.4 is 5.32 Å². The number of benzene rings is 2. The van der Waals surface area contributed by atoms with Gasteiger partial charge < -0.3 is 5.32 Å². The highest BCUT2D eigenvalue weighted by molar-refractivity contribution is 9.10. The molecule has 3 nitrogen and oxygen atoms in total. The van der Waals surface area contributed by atoms with Crippen LogP contribution in [0.3, 0.4) is 0 Å². The van der Waals surface area contributed by atoms with Gasteiger partial charge >= 0.3 is 0 Å². The second-order valence-electron chi connectivity index (χ2n) is 4.70. The summed E-state index contributed by atoms with van der Waals surface area (Å²) in [7, 11) is 0. The summed E-state index contributed by atoms with van der Waals surface area (Å²) in [5.74, 6) is -1.15. The first-order valence-electron chi connectivity index (χ1n) is 6.55. The smallest absolute Gasteiger partial charge is 0.266 e. The molecule has 1 N–H and O–H groups in total. The Kier molecular flexibility index (Phi) is 5.54. The van der Waals surface area contributed by atoms with Crippen LogP contribution in [0, 0.1) is 24.1 Å². The minimum absolute atomic E-state index is 0.155. The van der Waals surface area contributed by atoms with E-state index in [2.05, 4.69) is 21.2 Å². The highest BCUT2D eigenvalue weighted by Gasteiger charge is 2.13. The van der Waals surface area contributed by atoms with Crippen molar-refractivity contribution in [3.8, 4) is 6.07 Å². The number of rotatable bonds is 3. The summed E-state index contributed by atoms with van der Waals surface area (Å²) < 4.78 is 14.4. The summed E-state index contributed by atoms with van der Waals surface area (Å²) in [6, 6.07) is 11.2. The van der Waals surface area contributed by atoms with E-state index >= 15 is 0 Å². The topological polar surface area (TPSA) is 52.9 Å². The molecule has 0 spiro atoms. The van der Waals surface area contributed by atoms with Crippen molar-refractivity contribution in [1.29, 1.82) is 5.26 Å². The zero-order chi connectivity index (χ0) is 17.0. The molecule has 1 amide bonds. The molecular weight excluding hydrogens is 383 g/mol. The van der Waals surface area contributed by atoms with E-state index in [0.717, 1.165) is 0 Å². The Morgan fingerprint density at radius 3 is 2.78 bits per heavy atom. The average Bonchev–Trinajstić information content (AvgIpc) is 2.51. The largest absolute Gasteiger partial charge is 0.321 e. The summed E-state index contributed by atoms with van der Waals surface area (Å²) in [5, 5.41) is 12.3. The molecule has 23 heavy (non-hydrogen) atoms. The lowest BCUT2D eigenvalue weighted by molar-refractivity contribution is -0.112. The molecule has 2 aromatic rings. The number of hydrogen-bond donors (Lipinski definition) is 1. The fraction of sp³-hybridized carbons (Fsp3) is 0.0588. The van der Waals surface area contributed by atoms with Gasteiger partial charge in [-0.1, -0.05) is 39.7 Å². The van der Waals surface area contributed by atoms with E-state index in [9.17, 15) is 9.18 Å². The summed E-state index contributed by atoms with van der Waals surface area (Å²) in [6.07, 6.45) is 1.21. The third-order valence-corrected chi connectivity index (χ3v) is 4.05. The van der Waals surface area contributed by atoms with Crippen LogP contribution >= 0.6 is 27.5 Å². The van der Waals surface area contributed by atoms with Crippen LogP contribution in [0.4, 0.5) is 10.1 Å². The third kappa shape index (κ3) is 4.19. The van der Waals surface area contributed by atoms with Crippen LogP contribution in [0.2, 0.25) is 5.02 Å². The van der Waals surface area contributed by atoms with Crippen molar-refractivity contribution in [2.75, 3.05) is 5.32 Å². The molecule has 0 aromatic heterocycles. The zero-order valence-corrected chi connectivity index (χ0v) is 14.4. The summed E-state index contributed by atoms with van der Waals surface area (Å²) in [6.45, 7) is 1.75. The summed E-state index contributed by atoms with van der Waals surface area (Å²) >= 11 is 9.14. The summed E-state index contributed by atoms with van der Waals surface area (Å²) in [5.41, 5.74) is 1.14. The van der Waals surface area contributed by atoms with E-state index in [-0.39, 0.29) is 11.1 Å². The second-order valence-corrected chi connectivity index (χ2v) is 6.03. The molecular formula is C17H11BrClFN2O. The SMILES string of the molecule is Cc1c(Cl)cccc1NC(=O)/C(C#N)=C/c1ccc(Br)cc1F. The van der Waals surface area contributed by atoms with Gasteiger partial charge in [-0.05, 0) is 42.8 Å². The van der Waals surface area contributed by atoms with Gasteiger partial charge in [-0.25, -0.2) is 4.39 Å². The maximum absolute atomic E-state index is 13.8. The molecule has 6 heteroatoms. The lowest BCUT2D eigenvalue weighted by atomic mass is 10.1. The minimum Gasteiger partial charge on any atom is -0.321 e. The molecule has 0 saturated heterocycles. The molecule has 0 radical (unpaired) electrons. The highest BCUT2D eigenvalue weighted by atomic mass is 79.9. The third-order valence-electron chi connectivity index (χ3n) is 3.14. The predicted molar refractivity (Wildman–Crippen MR) is 92.5 cm³/mol. The fourth-order valence-electron chi connectivity index (χ4n) is 1.86. The van der Waals surface area contributed by atoms with E-state index in [1.807, 2.05) is 0 Å². The predicted octanol–water partition coefficient (Wildman–Crippen LogP) is 5.10. The molecule has 0 atom stereocenters. The number of carbonyl (C=O) groups is 1. The van der Waals surface area contributed by atoms with Crippen molar-refractivity contribution in [3.05, 3.63) is 68.4 Å². The molecule has 0 saturated carbocycles. The van der Waals surface area contributed by atoms with Crippen molar-refractivity contribution in [3.63, 3.8) is 0 Å². The number of hydrogen-bond acceptors (Lipinski definition) is 2. The van der Waals surface area contributed by atoms with Crippen LogP contribution in [0.25, 0.3) is 6.08 Å². The molecule has 0 unspecified atom stereocenters. The van der Waals surface area contributed by atoms with E-state index in [1.54, 1.807) is 37.3 Å². The Labute approximate surface area is 146 Å². The molecule has 0 heterocycles. The van der Waals surface area contributed by atoms with Crippen LogP contribution in [0.5, 0.6) is 0 Å². The van der Waals surface area contributed by atoms with Gasteiger partial charge in [0.2, 0.25) is 0 Å². The molecule has 116 valence electrons. The molecule has 0 fully saturated rings. The number of amides is 1. The van der Waals surface area contributed by atoms with Gasteiger partial charge in [-0.3, -0.25) is 4.79 Å². The van der Waals surface area contributed by atoms with Crippen molar-refractivity contribution in [2.45, 2.75) is 6.92 Å². The van der Waals surface area contributed by atoms with Gasteiger partial charge in [0.05, 0.1) is 0 Å². The van der Waals surface area contributed by atoms with E-state index in [1.165, 1.54) is 18.2 Å². The fourth-order valence-corrected chi connectivity index (χ4v) is 2.36. The monoisotopic (exact) mass is 392 g/mol. The van der Waals surface area contributed by atoms with Gasteiger partial charge in [0, 0.05) is 20.7 Å². The quantitative estimate of drug-likeness (QED) is 0.583. The minimum atomic E-state index is -0.625. The van der Waals surface area contributed by atoms with Gasteiger partial charge in [0.15, 0.2) is 0 Å². The Hall–Kier alpha value is -2.16. The standard InChI is InChI=1S/C17H11BrClFN2O/c1-10-14(19)3-2-4-16(10)22-17(23)12(9-21)7-11-5-6-13(18)8-15(11)20/h2-8H,1H3,(H,22,23)/b12-7+. The summed E-state index contributed by atoms with van der Waals surface area (Å²) in [4.78, 5) is 12.2.